The molecule has 1 aliphatic rings. The van der Waals surface area contributed by atoms with E-state index in [0.717, 1.165) is 5.56 Å². The Bertz CT molecular complexity index is 748. The molecule has 2 atom stereocenters. The Morgan fingerprint density at radius 2 is 1.62 bits per heavy atom. The molecule has 0 bridgehead atoms. The standard InChI is InChI=1S/C21H24N2O3/c1-16-13-22(21(26)18-10-6-3-7-11-18)15-19(12-20(24)25)23(16)14-17-8-4-2-5-9-17/h2-11,16,19H,12-15H2,1H3,(H,24,25)/t16-,19-/m0/s1. The molecular formula is C21H24N2O3. The predicted molar refractivity (Wildman–Crippen MR) is 99.8 cm³/mol. The molecule has 3 rings (SSSR count). The number of nitrogens with zero attached hydrogens (tertiary/aromatic N) is 2. The van der Waals surface area contributed by atoms with Crippen LogP contribution in [0.5, 0.6) is 0 Å². The van der Waals surface area contributed by atoms with E-state index in [9.17, 15) is 14.7 Å². The Balaban J connectivity index is 1.78. The van der Waals surface area contributed by atoms with Crippen LogP contribution in [0.1, 0.15) is 29.3 Å². The van der Waals surface area contributed by atoms with Crippen LogP contribution in [-0.4, -0.2) is 52.0 Å². The van der Waals surface area contributed by atoms with E-state index in [4.69, 9.17) is 0 Å². The molecule has 0 saturated carbocycles. The zero-order valence-corrected chi connectivity index (χ0v) is 14.9. The number of carbonyl (C=O) groups excluding carboxylic acids is 1. The van der Waals surface area contributed by atoms with E-state index >= 15 is 0 Å². The second-order valence-electron chi connectivity index (χ2n) is 6.83. The molecule has 5 nitrogen and oxygen atoms in total. The van der Waals surface area contributed by atoms with Gasteiger partial charge in [-0.15, -0.1) is 0 Å². The molecule has 5 heteroatoms. The van der Waals surface area contributed by atoms with Crippen LogP contribution in [0.4, 0.5) is 0 Å². The maximum Gasteiger partial charge on any atom is 0.305 e. The van der Waals surface area contributed by atoms with Crippen molar-refractivity contribution < 1.29 is 14.7 Å². The van der Waals surface area contributed by atoms with Gasteiger partial charge >= 0.3 is 5.97 Å². The Kier molecular flexibility index (Phi) is 5.68. The fraction of sp³-hybridized carbons (Fsp3) is 0.333. The van der Waals surface area contributed by atoms with Crippen molar-refractivity contribution >= 4 is 11.9 Å². The highest BCUT2D eigenvalue weighted by atomic mass is 16.4. The largest absolute Gasteiger partial charge is 0.481 e. The van der Waals surface area contributed by atoms with E-state index in [1.165, 1.54) is 0 Å². The zero-order chi connectivity index (χ0) is 18.5. The molecule has 1 N–H and O–H groups in total. The van der Waals surface area contributed by atoms with Crippen LogP contribution < -0.4 is 0 Å². The number of benzene rings is 2. The van der Waals surface area contributed by atoms with Gasteiger partial charge in [0.1, 0.15) is 0 Å². The van der Waals surface area contributed by atoms with Crippen molar-refractivity contribution in [2.75, 3.05) is 13.1 Å². The first-order valence-corrected chi connectivity index (χ1v) is 8.90. The number of piperazine rings is 1. The number of carboxylic acids is 1. The molecule has 1 fully saturated rings. The van der Waals surface area contributed by atoms with Crippen molar-refractivity contribution in [2.45, 2.75) is 32.0 Å². The smallest absolute Gasteiger partial charge is 0.305 e. The van der Waals surface area contributed by atoms with Gasteiger partial charge in [-0.25, -0.2) is 0 Å². The summed E-state index contributed by atoms with van der Waals surface area (Å²) in [6.45, 7) is 3.77. The zero-order valence-electron chi connectivity index (χ0n) is 14.9. The lowest BCUT2D eigenvalue weighted by Crippen LogP contribution is -2.59. The molecule has 26 heavy (non-hydrogen) atoms. The minimum Gasteiger partial charge on any atom is -0.481 e. The van der Waals surface area contributed by atoms with Crippen molar-refractivity contribution in [3.05, 3.63) is 71.8 Å². The minimum atomic E-state index is -0.839. The predicted octanol–water partition coefficient (Wildman–Crippen LogP) is 2.88. The second-order valence-corrected chi connectivity index (χ2v) is 6.83. The van der Waals surface area contributed by atoms with Crippen LogP contribution in [0.15, 0.2) is 60.7 Å². The summed E-state index contributed by atoms with van der Waals surface area (Å²) in [7, 11) is 0. The normalized spacial score (nSPS) is 20.7. The summed E-state index contributed by atoms with van der Waals surface area (Å²) in [6.07, 6.45) is 0.0236. The van der Waals surface area contributed by atoms with Gasteiger partial charge in [-0.05, 0) is 24.6 Å². The monoisotopic (exact) mass is 352 g/mol. The van der Waals surface area contributed by atoms with Crippen LogP contribution in [0, 0.1) is 0 Å². The van der Waals surface area contributed by atoms with E-state index in [2.05, 4.69) is 11.8 Å². The van der Waals surface area contributed by atoms with Gasteiger partial charge in [0, 0.05) is 37.3 Å². The fourth-order valence-corrected chi connectivity index (χ4v) is 3.61. The molecule has 2 aromatic carbocycles. The third kappa shape index (κ3) is 4.29. The molecule has 1 amide bonds. The number of carbonyl (C=O) groups is 2. The Morgan fingerprint density at radius 3 is 2.23 bits per heavy atom. The van der Waals surface area contributed by atoms with Crippen molar-refractivity contribution in [2.24, 2.45) is 0 Å². The van der Waals surface area contributed by atoms with Crippen LogP contribution in [0.25, 0.3) is 0 Å². The van der Waals surface area contributed by atoms with Crippen LogP contribution in [0.3, 0.4) is 0 Å². The van der Waals surface area contributed by atoms with Gasteiger partial charge in [0.2, 0.25) is 0 Å². The highest BCUT2D eigenvalue weighted by Gasteiger charge is 2.35. The molecular weight excluding hydrogens is 328 g/mol. The molecule has 1 saturated heterocycles. The molecule has 0 radical (unpaired) electrons. The summed E-state index contributed by atoms with van der Waals surface area (Å²) >= 11 is 0. The third-order valence-corrected chi connectivity index (χ3v) is 4.88. The third-order valence-electron chi connectivity index (χ3n) is 4.88. The molecule has 0 spiro atoms. The van der Waals surface area contributed by atoms with E-state index in [0.29, 0.717) is 25.2 Å². The summed E-state index contributed by atoms with van der Waals surface area (Å²) in [4.78, 5) is 28.2. The Morgan fingerprint density at radius 1 is 1.00 bits per heavy atom. The highest BCUT2D eigenvalue weighted by molar-refractivity contribution is 5.94. The van der Waals surface area contributed by atoms with Gasteiger partial charge in [0.25, 0.3) is 5.91 Å². The van der Waals surface area contributed by atoms with Crippen molar-refractivity contribution in [1.82, 2.24) is 9.80 Å². The second kappa shape index (κ2) is 8.15. The van der Waals surface area contributed by atoms with Crippen molar-refractivity contribution in [3.63, 3.8) is 0 Å². The van der Waals surface area contributed by atoms with Crippen LogP contribution in [-0.2, 0) is 11.3 Å². The van der Waals surface area contributed by atoms with Crippen molar-refractivity contribution in [3.8, 4) is 0 Å². The first-order chi connectivity index (χ1) is 12.5. The number of hydrogen-bond donors (Lipinski definition) is 1. The number of carboxylic acid groups (broad SMARTS) is 1. The van der Waals surface area contributed by atoms with E-state index < -0.39 is 5.97 Å². The Labute approximate surface area is 153 Å². The number of amides is 1. The molecule has 0 aromatic heterocycles. The molecule has 2 aromatic rings. The van der Waals surface area contributed by atoms with Crippen LogP contribution in [0.2, 0.25) is 0 Å². The Hall–Kier alpha value is -2.66. The SMILES string of the molecule is C[C@H]1CN(C(=O)c2ccccc2)C[C@H](CC(=O)O)N1Cc1ccccc1. The van der Waals surface area contributed by atoms with E-state index in [1.54, 1.807) is 17.0 Å². The first kappa shape index (κ1) is 18.1. The number of hydrogen-bond acceptors (Lipinski definition) is 3. The molecule has 0 unspecified atom stereocenters. The van der Waals surface area contributed by atoms with Gasteiger partial charge in [-0.2, -0.15) is 0 Å². The van der Waals surface area contributed by atoms with E-state index in [-0.39, 0.29) is 24.4 Å². The maximum atomic E-state index is 12.8. The van der Waals surface area contributed by atoms with Gasteiger partial charge in [0.05, 0.1) is 6.42 Å². The van der Waals surface area contributed by atoms with Gasteiger partial charge in [-0.1, -0.05) is 48.5 Å². The lowest BCUT2D eigenvalue weighted by molar-refractivity contribution is -0.139. The average Bonchev–Trinajstić information content (AvgIpc) is 2.65. The van der Waals surface area contributed by atoms with Crippen LogP contribution >= 0.6 is 0 Å². The number of aliphatic carboxylic acids is 1. The summed E-state index contributed by atoms with van der Waals surface area (Å²) in [5.41, 5.74) is 1.79. The van der Waals surface area contributed by atoms with Crippen molar-refractivity contribution in [1.29, 1.82) is 0 Å². The van der Waals surface area contributed by atoms with Gasteiger partial charge in [-0.3, -0.25) is 14.5 Å². The molecule has 136 valence electrons. The van der Waals surface area contributed by atoms with E-state index in [1.807, 2.05) is 48.5 Å². The lowest BCUT2D eigenvalue weighted by Gasteiger charge is -2.45. The summed E-state index contributed by atoms with van der Waals surface area (Å²) in [5.74, 6) is -0.874. The topological polar surface area (TPSA) is 60.9 Å². The first-order valence-electron chi connectivity index (χ1n) is 8.90. The van der Waals surface area contributed by atoms with Gasteiger partial charge in [0.15, 0.2) is 0 Å². The lowest BCUT2D eigenvalue weighted by atomic mass is 10.0. The molecule has 0 aliphatic carbocycles. The fourth-order valence-electron chi connectivity index (χ4n) is 3.61. The highest BCUT2D eigenvalue weighted by Crippen LogP contribution is 2.23. The number of rotatable bonds is 5. The molecule has 1 aliphatic heterocycles. The minimum absolute atomic E-state index is 0.0236. The average molecular weight is 352 g/mol. The quantitative estimate of drug-likeness (QED) is 0.899. The maximum absolute atomic E-state index is 12.8. The summed E-state index contributed by atoms with van der Waals surface area (Å²) < 4.78 is 0. The van der Waals surface area contributed by atoms with Gasteiger partial charge < -0.3 is 10.0 Å². The summed E-state index contributed by atoms with van der Waals surface area (Å²) in [6, 6.07) is 19.1. The summed E-state index contributed by atoms with van der Waals surface area (Å²) in [5, 5.41) is 9.35. The molecule has 1 heterocycles.